The third kappa shape index (κ3) is 2.12. The topological polar surface area (TPSA) is 29.5 Å². The van der Waals surface area contributed by atoms with Crippen LogP contribution in [0.3, 0.4) is 0 Å². The minimum Gasteiger partial charge on any atom is -0.392 e. The van der Waals surface area contributed by atoms with Crippen LogP contribution in [0.5, 0.6) is 0 Å². The fourth-order valence-electron chi connectivity index (χ4n) is 2.50. The van der Waals surface area contributed by atoms with Crippen LogP contribution in [0.4, 0.5) is 0 Å². The average molecular weight is 200 g/mol. The molecule has 0 amide bonds. The van der Waals surface area contributed by atoms with E-state index in [1.807, 2.05) is 0 Å². The van der Waals surface area contributed by atoms with E-state index < -0.39 is 0 Å². The predicted molar refractivity (Wildman–Crippen MR) is 58.1 cm³/mol. The molecule has 0 aliphatic carbocycles. The van der Waals surface area contributed by atoms with Crippen molar-refractivity contribution in [3.63, 3.8) is 0 Å². The van der Waals surface area contributed by atoms with Crippen molar-refractivity contribution in [3.8, 4) is 0 Å². The Balaban J connectivity index is 2.66. The third-order valence-corrected chi connectivity index (χ3v) is 3.94. The SMILES string of the molecule is CCC(C)C(O)C1C(C)OC(C)C1C. The molecule has 1 fully saturated rings. The molecule has 0 aromatic heterocycles. The quantitative estimate of drug-likeness (QED) is 0.758. The largest absolute Gasteiger partial charge is 0.392 e. The summed E-state index contributed by atoms with van der Waals surface area (Å²) in [6.45, 7) is 10.6. The summed E-state index contributed by atoms with van der Waals surface area (Å²) < 4.78 is 5.74. The maximum absolute atomic E-state index is 10.2. The van der Waals surface area contributed by atoms with E-state index in [2.05, 4.69) is 34.6 Å². The Kier molecular flexibility index (Phi) is 3.96. The monoisotopic (exact) mass is 200 g/mol. The molecule has 6 unspecified atom stereocenters. The minimum atomic E-state index is -0.213. The molecular weight excluding hydrogens is 176 g/mol. The first kappa shape index (κ1) is 12.0. The number of ether oxygens (including phenoxy) is 1. The Morgan fingerprint density at radius 1 is 1.21 bits per heavy atom. The summed E-state index contributed by atoms with van der Waals surface area (Å²) >= 11 is 0. The molecule has 14 heavy (non-hydrogen) atoms. The molecule has 0 aromatic carbocycles. The fraction of sp³-hybridized carbons (Fsp3) is 1.00. The summed E-state index contributed by atoms with van der Waals surface area (Å²) in [7, 11) is 0. The van der Waals surface area contributed by atoms with Gasteiger partial charge < -0.3 is 9.84 Å². The van der Waals surface area contributed by atoms with Crippen LogP contribution in [0.25, 0.3) is 0 Å². The first-order chi connectivity index (χ1) is 6.49. The molecule has 1 aliphatic heterocycles. The van der Waals surface area contributed by atoms with Gasteiger partial charge in [0.2, 0.25) is 0 Å². The van der Waals surface area contributed by atoms with Gasteiger partial charge in [0, 0.05) is 5.92 Å². The zero-order valence-corrected chi connectivity index (χ0v) is 10.0. The first-order valence-corrected chi connectivity index (χ1v) is 5.82. The molecule has 1 aliphatic rings. The molecule has 0 radical (unpaired) electrons. The van der Waals surface area contributed by atoms with Gasteiger partial charge in [-0.05, 0) is 25.7 Å². The third-order valence-electron chi connectivity index (χ3n) is 3.94. The summed E-state index contributed by atoms with van der Waals surface area (Å²) in [5.74, 6) is 1.15. The Hall–Kier alpha value is -0.0800. The Labute approximate surface area is 87.7 Å². The van der Waals surface area contributed by atoms with Crippen LogP contribution in [0.15, 0.2) is 0 Å². The summed E-state index contributed by atoms with van der Waals surface area (Å²) in [5, 5.41) is 10.2. The van der Waals surface area contributed by atoms with E-state index in [0.29, 0.717) is 17.8 Å². The molecule has 1 saturated heterocycles. The van der Waals surface area contributed by atoms with Crippen molar-refractivity contribution in [2.75, 3.05) is 0 Å². The molecule has 1 rings (SSSR count). The maximum atomic E-state index is 10.2. The van der Waals surface area contributed by atoms with E-state index in [4.69, 9.17) is 4.74 Å². The highest BCUT2D eigenvalue weighted by atomic mass is 16.5. The standard InChI is InChI=1S/C12H24O2/c1-6-7(2)12(13)11-8(3)9(4)14-10(11)5/h7-13H,6H2,1-5H3. The molecule has 84 valence electrons. The Morgan fingerprint density at radius 3 is 2.14 bits per heavy atom. The average Bonchev–Trinajstić information content (AvgIpc) is 2.39. The molecule has 0 saturated carbocycles. The van der Waals surface area contributed by atoms with Gasteiger partial charge in [-0.2, -0.15) is 0 Å². The summed E-state index contributed by atoms with van der Waals surface area (Å²) in [6.07, 6.45) is 1.30. The Bertz CT molecular complexity index is 181. The predicted octanol–water partition coefficient (Wildman–Crippen LogP) is 2.45. The van der Waals surface area contributed by atoms with E-state index in [1.165, 1.54) is 0 Å². The zero-order valence-electron chi connectivity index (χ0n) is 10.0. The second kappa shape index (κ2) is 4.63. The van der Waals surface area contributed by atoms with Gasteiger partial charge in [-0.1, -0.05) is 27.2 Å². The lowest BCUT2D eigenvalue weighted by atomic mass is 9.79. The summed E-state index contributed by atoms with van der Waals surface area (Å²) in [4.78, 5) is 0. The van der Waals surface area contributed by atoms with E-state index in [9.17, 15) is 5.11 Å². The van der Waals surface area contributed by atoms with Crippen molar-refractivity contribution in [1.82, 2.24) is 0 Å². The van der Waals surface area contributed by atoms with Crippen molar-refractivity contribution in [2.45, 2.75) is 59.4 Å². The minimum absolute atomic E-state index is 0.198. The number of rotatable bonds is 3. The smallest absolute Gasteiger partial charge is 0.0621 e. The highest BCUT2D eigenvalue weighted by Crippen LogP contribution is 2.37. The van der Waals surface area contributed by atoms with Crippen molar-refractivity contribution < 1.29 is 9.84 Å². The number of aliphatic hydroxyl groups excluding tert-OH is 1. The van der Waals surface area contributed by atoms with Gasteiger partial charge >= 0.3 is 0 Å². The van der Waals surface area contributed by atoms with Crippen LogP contribution in [0, 0.1) is 17.8 Å². The molecule has 1 N–H and O–H groups in total. The second-order valence-electron chi connectivity index (χ2n) is 4.86. The summed E-state index contributed by atoms with van der Waals surface area (Å²) in [6, 6.07) is 0. The van der Waals surface area contributed by atoms with Gasteiger partial charge in [-0.3, -0.25) is 0 Å². The lowest BCUT2D eigenvalue weighted by Crippen LogP contribution is -2.35. The van der Waals surface area contributed by atoms with Crippen LogP contribution in [-0.4, -0.2) is 23.4 Å². The molecule has 2 nitrogen and oxygen atoms in total. The number of aliphatic hydroxyl groups is 1. The van der Waals surface area contributed by atoms with Gasteiger partial charge in [0.25, 0.3) is 0 Å². The highest BCUT2D eigenvalue weighted by Gasteiger charge is 2.42. The molecule has 2 heteroatoms. The lowest BCUT2D eigenvalue weighted by Gasteiger charge is -2.28. The highest BCUT2D eigenvalue weighted by molar-refractivity contribution is 4.89. The van der Waals surface area contributed by atoms with Crippen LogP contribution < -0.4 is 0 Å². The first-order valence-electron chi connectivity index (χ1n) is 5.82. The van der Waals surface area contributed by atoms with Gasteiger partial charge in [0.1, 0.15) is 0 Å². The molecular formula is C12H24O2. The second-order valence-corrected chi connectivity index (χ2v) is 4.86. The molecule has 1 heterocycles. The van der Waals surface area contributed by atoms with Crippen LogP contribution in [0.1, 0.15) is 41.0 Å². The van der Waals surface area contributed by atoms with Gasteiger partial charge in [0.05, 0.1) is 18.3 Å². The van der Waals surface area contributed by atoms with Crippen LogP contribution >= 0.6 is 0 Å². The maximum Gasteiger partial charge on any atom is 0.0621 e. The lowest BCUT2D eigenvalue weighted by molar-refractivity contribution is 0.00196. The summed E-state index contributed by atoms with van der Waals surface area (Å²) in [5.41, 5.74) is 0. The van der Waals surface area contributed by atoms with Gasteiger partial charge in [0.15, 0.2) is 0 Å². The van der Waals surface area contributed by atoms with E-state index in [1.54, 1.807) is 0 Å². The van der Waals surface area contributed by atoms with Gasteiger partial charge in [-0.25, -0.2) is 0 Å². The molecule has 0 bridgehead atoms. The van der Waals surface area contributed by atoms with Crippen molar-refractivity contribution >= 4 is 0 Å². The molecule has 0 aromatic rings. The fourth-order valence-corrected chi connectivity index (χ4v) is 2.50. The van der Waals surface area contributed by atoms with Crippen LogP contribution in [-0.2, 0) is 4.74 Å². The number of hydrogen-bond donors (Lipinski definition) is 1. The van der Waals surface area contributed by atoms with Crippen molar-refractivity contribution in [3.05, 3.63) is 0 Å². The molecule has 6 atom stereocenters. The zero-order chi connectivity index (χ0) is 10.9. The van der Waals surface area contributed by atoms with E-state index in [0.717, 1.165) is 6.42 Å². The number of hydrogen-bond acceptors (Lipinski definition) is 2. The van der Waals surface area contributed by atoms with E-state index in [-0.39, 0.29) is 18.3 Å². The van der Waals surface area contributed by atoms with Crippen molar-refractivity contribution in [1.29, 1.82) is 0 Å². The van der Waals surface area contributed by atoms with E-state index >= 15 is 0 Å². The molecule has 0 spiro atoms. The normalized spacial score (nSPS) is 42.4. The van der Waals surface area contributed by atoms with Gasteiger partial charge in [-0.15, -0.1) is 0 Å². The Morgan fingerprint density at radius 2 is 1.79 bits per heavy atom. The van der Waals surface area contributed by atoms with Crippen LogP contribution in [0.2, 0.25) is 0 Å². The van der Waals surface area contributed by atoms with Crippen molar-refractivity contribution in [2.24, 2.45) is 17.8 Å².